The fraction of sp³-hybridized carbons (Fsp3) is 0.846. The highest BCUT2D eigenvalue weighted by molar-refractivity contribution is 5.03. The number of ether oxygens (including phenoxy) is 1. The minimum Gasteiger partial charge on any atom is -0.370 e. The van der Waals surface area contributed by atoms with Crippen molar-refractivity contribution in [3.63, 3.8) is 0 Å². The molecule has 1 aromatic heterocycles. The Morgan fingerprint density at radius 2 is 2.11 bits per heavy atom. The molecule has 1 fully saturated rings. The zero-order chi connectivity index (χ0) is 13.0. The predicted octanol–water partition coefficient (Wildman–Crippen LogP) is 2.03. The average Bonchev–Trinajstić information content (AvgIpc) is 2.88. The Bertz CT molecular complexity index is 372. The molecule has 18 heavy (non-hydrogen) atoms. The Morgan fingerprint density at radius 3 is 2.72 bits per heavy atom. The van der Waals surface area contributed by atoms with Gasteiger partial charge in [0.25, 0.3) is 0 Å². The van der Waals surface area contributed by atoms with Crippen LogP contribution in [0.5, 0.6) is 0 Å². The maximum absolute atomic E-state index is 5.71. The minimum atomic E-state index is -0.317. The lowest BCUT2D eigenvalue weighted by Crippen LogP contribution is -2.32. The van der Waals surface area contributed by atoms with Gasteiger partial charge in [0, 0.05) is 19.6 Å². The first kappa shape index (κ1) is 13.5. The summed E-state index contributed by atoms with van der Waals surface area (Å²) >= 11 is 0. The van der Waals surface area contributed by atoms with Gasteiger partial charge in [0.2, 0.25) is 11.7 Å². The molecule has 0 spiro atoms. The van der Waals surface area contributed by atoms with Gasteiger partial charge < -0.3 is 14.6 Å². The molecule has 0 bridgehead atoms. The summed E-state index contributed by atoms with van der Waals surface area (Å²) in [5.41, 5.74) is -0.317. The van der Waals surface area contributed by atoms with Crippen LogP contribution in [0.25, 0.3) is 0 Å². The van der Waals surface area contributed by atoms with Gasteiger partial charge in [-0.1, -0.05) is 24.4 Å². The van der Waals surface area contributed by atoms with E-state index in [-0.39, 0.29) is 5.60 Å². The lowest BCUT2D eigenvalue weighted by molar-refractivity contribution is -0.0527. The smallest absolute Gasteiger partial charge is 0.228 e. The van der Waals surface area contributed by atoms with E-state index in [2.05, 4.69) is 22.4 Å². The van der Waals surface area contributed by atoms with Gasteiger partial charge in [-0.2, -0.15) is 4.98 Å². The highest BCUT2D eigenvalue weighted by Crippen LogP contribution is 2.38. The van der Waals surface area contributed by atoms with Crippen molar-refractivity contribution in [1.29, 1.82) is 0 Å². The lowest BCUT2D eigenvalue weighted by atomic mass is 9.84. The number of rotatable bonds is 5. The number of nitrogens with zero attached hydrogens (tertiary/aromatic N) is 2. The van der Waals surface area contributed by atoms with Crippen LogP contribution in [0.1, 0.15) is 50.7 Å². The van der Waals surface area contributed by atoms with Gasteiger partial charge in [0.1, 0.15) is 5.60 Å². The number of aromatic nitrogens is 2. The third kappa shape index (κ3) is 2.72. The monoisotopic (exact) mass is 253 g/mol. The molecule has 0 amide bonds. The highest BCUT2D eigenvalue weighted by Gasteiger charge is 2.38. The summed E-state index contributed by atoms with van der Waals surface area (Å²) in [6.07, 6.45) is 6.35. The van der Waals surface area contributed by atoms with E-state index >= 15 is 0 Å². The Hall–Kier alpha value is -0.940. The van der Waals surface area contributed by atoms with Crippen molar-refractivity contribution in [3.8, 4) is 0 Å². The summed E-state index contributed by atoms with van der Waals surface area (Å²) < 4.78 is 11.0. The summed E-state index contributed by atoms with van der Waals surface area (Å²) in [7, 11) is 3.68. The predicted molar refractivity (Wildman–Crippen MR) is 68.3 cm³/mol. The van der Waals surface area contributed by atoms with Crippen LogP contribution >= 0.6 is 0 Å². The Kier molecular flexibility index (Phi) is 4.35. The van der Waals surface area contributed by atoms with Crippen LogP contribution < -0.4 is 5.32 Å². The molecule has 1 aromatic rings. The van der Waals surface area contributed by atoms with E-state index in [0.717, 1.165) is 25.1 Å². The molecule has 5 nitrogen and oxygen atoms in total. The molecule has 1 aliphatic rings. The molecule has 1 saturated carbocycles. The molecule has 2 rings (SSSR count). The Morgan fingerprint density at radius 1 is 1.39 bits per heavy atom. The van der Waals surface area contributed by atoms with Crippen LogP contribution in [0.15, 0.2) is 4.52 Å². The molecule has 102 valence electrons. The van der Waals surface area contributed by atoms with E-state index in [9.17, 15) is 0 Å². The average molecular weight is 253 g/mol. The molecule has 1 unspecified atom stereocenters. The fourth-order valence-corrected chi connectivity index (χ4v) is 2.53. The van der Waals surface area contributed by atoms with Gasteiger partial charge in [0.05, 0.1) is 0 Å². The molecule has 0 saturated heterocycles. The molecular formula is C13H23N3O2. The topological polar surface area (TPSA) is 60.2 Å². The van der Waals surface area contributed by atoms with E-state index in [1.165, 1.54) is 19.3 Å². The maximum atomic E-state index is 5.71. The molecule has 1 atom stereocenters. The van der Waals surface area contributed by atoms with E-state index in [1.807, 2.05) is 7.05 Å². The van der Waals surface area contributed by atoms with Crippen molar-refractivity contribution >= 4 is 0 Å². The van der Waals surface area contributed by atoms with Gasteiger partial charge in [-0.25, -0.2) is 0 Å². The molecular weight excluding hydrogens is 230 g/mol. The second kappa shape index (κ2) is 5.80. The molecule has 1 N–H and O–H groups in total. The van der Waals surface area contributed by atoms with Crippen LogP contribution in [-0.2, 0) is 16.8 Å². The first-order chi connectivity index (χ1) is 8.70. The van der Waals surface area contributed by atoms with Crippen LogP contribution in [0.4, 0.5) is 0 Å². The standard InChI is InChI=1S/C13H23N3O2/c1-10(14-2)9-11-15-12(16-18-11)13(17-3)7-5-4-6-8-13/h10,14H,4-9H2,1-3H3. The lowest BCUT2D eigenvalue weighted by Gasteiger charge is -2.32. The zero-order valence-electron chi connectivity index (χ0n) is 11.5. The third-order valence-corrected chi connectivity index (χ3v) is 3.90. The van der Waals surface area contributed by atoms with Crippen LogP contribution in [0.2, 0.25) is 0 Å². The molecule has 5 heteroatoms. The summed E-state index contributed by atoms with van der Waals surface area (Å²) in [4.78, 5) is 4.52. The van der Waals surface area contributed by atoms with Gasteiger partial charge in [-0.05, 0) is 26.8 Å². The van der Waals surface area contributed by atoms with Crippen molar-refractivity contribution < 1.29 is 9.26 Å². The largest absolute Gasteiger partial charge is 0.370 e. The number of nitrogens with one attached hydrogen (secondary N) is 1. The summed E-state index contributed by atoms with van der Waals surface area (Å²) in [6, 6.07) is 0.336. The highest BCUT2D eigenvalue weighted by atomic mass is 16.5. The van der Waals surface area contributed by atoms with Crippen LogP contribution in [0, 0.1) is 0 Å². The van der Waals surface area contributed by atoms with Crippen molar-refractivity contribution in [1.82, 2.24) is 15.5 Å². The summed E-state index contributed by atoms with van der Waals surface area (Å²) in [6.45, 7) is 2.09. The van der Waals surface area contributed by atoms with Gasteiger partial charge in [-0.3, -0.25) is 0 Å². The first-order valence-corrected chi connectivity index (χ1v) is 6.75. The maximum Gasteiger partial charge on any atom is 0.228 e. The second-order valence-electron chi connectivity index (χ2n) is 5.16. The van der Waals surface area contributed by atoms with E-state index in [1.54, 1.807) is 7.11 Å². The van der Waals surface area contributed by atoms with Crippen molar-refractivity contribution in [2.24, 2.45) is 0 Å². The number of likely N-dealkylation sites (N-methyl/N-ethyl adjacent to an activating group) is 1. The molecule has 0 radical (unpaired) electrons. The Balaban J connectivity index is 2.12. The van der Waals surface area contributed by atoms with Crippen molar-refractivity contribution in [3.05, 3.63) is 11.7 Å². The summed E-state index contributed by atoms with van der Waals surface area (Å²) in [5, 5.41) is 7.30. The zero-order valence-corrected chi connectivity index (χ0v) is 11.5. The number of hydrogen-bond donors (Lipinski definition) is 1. The van der Waals surface area contributed by atoms with Gasteiger partial charge in [0.15, 0.2) is 0 Å². The first-order valence-electron chi connectivity index (χ1n) is 6.75. The summed E-state index contributed by atoms with van der Waals surface area (Å²) in [5.74, 6) is 1.41. The van der Waals surface area contributed by atoms with Gasteiger partial charge >= 0.3 is 0 Å². The molecule has 1 aliphatic carbocycles. The van der Waals surface area contributed by atoms with Gasteiger partial charge in [-0.15, -0.1) is 0 Å². The quantitative estimate of drug-likeness (QED) is 0.870. The molecule has 0 aromatic carbocycles. The third-order valence-electron chi connectivity index (χ3n) is 3.90. The molecule has 1 heterocycles. The van der Waals surface area contributed by atoms with E-state index in [4.69, 9.17) is 9.26 Å². The Labute approximate surface area is 108 Å². The number of methoxy groups -OCH3 is 1. The van der Waals surface area contributed by atoms with Crippen molar-refractivity contribution in [2.75, 3.05) is 14.2 Å². The van der Waals surface area contributed by atoms with E-state index < -0.39 is 0 Å². The van der Waals surface area contributed by atoms with E-state index in [0.29, 0.717) is 11.9 Å². The molecule has 0 aliphatic heterocycles. The van der Waals surface area contributed by atoms with Crippen LogP contribution in [0.3, 0.4) is 0 Å². The minimum absolute atomic E-state index is 0.317. The fourth-order valence-electron chi connectivity index (χ4n) is 2.53. The second-order valence-corrected chi connectivity index (χ2v) is 5.16. The number of hydrogen-bond acceptors (Lipinski definition) is 5. The SMILES string of the molecule is CNC(C)Cc1nc(C2(OC)CCCCC2)no1. The van der Waals surface area contributed by atoms with Crippen LogP contribution in [-0.4, -0.2) is 30.3 Å². The van der Waals surface area contributed by atoms with Crippen molar-refractivity contribution in [2.45, 2.75) is 57.1 Å². The normalized spacial score (nSPS) is 20.8.